The third kappa shape index (κ3) is 4.09. The topological polar surface area (TPSA) is 62.6 Å². The molecule has 1 aromatic heterocycles. The third-order valence-electron chi connectivity index (χ3n) is 6.41. The Labute approximate surface area is 170 Å². The second-order valence-corrected chi connectivity index (χ2v) is 8.37. The van der Waals surface area contributed by atoms with Gasteiger partial charge in [0.1, 0.15) is 12.7 Å². The highest BCUT2D eigenvalue weighted by Crippen LogP contribution is 2.33. The lowest BCUT2D eigenvalue weighted by Crippen LogP contribution is -2.34. The van der Waals surface area contributed by atoms with Crippen LogP contribution < -0.4 is 10.4 Å². The van der Waals surface area contributed by atoms with Crippen molar-refractivity contribution < 1.29 is 14.2 Å². The van der Waals surface area contributed by atoms with Crippen LogP contribution in [0, 0.1) is 5.92 Å². The molecule has 0 spiro atoms. The minimum Gasteiger partial charge on any atom is -0.475 e. The quantitative estimate of drug-likeness (QED) is 0.751. The number of fused-ring (bicyclic) bond motifs is 3. The smallest absolute Gasteiger partial charge is 0.351 e. The minimum absolute atomic E-state index is 0.116. The molecule has 1 aliphatic carbocycles. The van der Waals surface area contributed by atoms with Crippen molar-refractivity contribution in [2.24, 2.45) is 5.92 Å². The molecule has 3 aliphatic rings. The van der Waals surface area contributed by atoms with E-state index in [0.717, 1.165) is 30.0 Å². The first-order valence-corrected chi connectivity index (χ1v) is 10.8. The predicted molar refractivity (Wildman–Crippen MR) is 109 cm³/mol. The van der Waals surface area contributed by atoms with Gasteiger partial charge in [0.05, 0.1) is 25.5 Å². The van der Waals surface area contributed by atoms with Crippen molar-refractivity contribution in [2.45, 2.75) is 51.2 Å². The summed E-state index contributed by atoms with van der Waals surface area (Å²) in [5, 5.41) is 0. The van der Waals surface area contributed by atoms with Gasteiger partial charge in [-0.3, -0.25) is 4.57 Å². The van der Waals surface area contributed by atoms with Crippen molar-refractivity contribution >= 4 is 0 Å². The van der Waals surface area contributed by atoms with Crippen LogP contribution in [0.1, 0.15) is 36.8 Å². The Balaban J connectivity index is 1.34. The van der Waals surface area contributed by atoms with Crippen LogP contribution >= 0.6 is 0 Å². The van der Waals surface area contributed by atoms with E-state index in [4.69, 9.17) is 14.2 Å². The fraction of sp³-hybridized carbons (Fsp3) is 0.565. The van der Waals surface area contributed by atoms with Crippen LogP contribution in [-0.4, -0.2) is 42.1 Å². The van der Waals surface area contributed by atoms with Crippen LogP contribution in [0.15, 0.2) is 29.1 Å². The molecular weight excluding hydrogens is 368 g/mol. The molecule has 29 heavy (non-hydrogen) atoms. The summed E-state index contributed by atoms with van der Waals surface area (Å²) in [5.41, 5.74) is 4.49. The van der Waals surface area contributed by atoms with Gasteiger partial charge in [-0.25, -0.2) is 4.79 Å². The number of ether oxygens (including phenoxy) is 3. The van der Waals surface area contributed by atoms with Crippen LogP contribution in [0.4, 0.5) is 0 Å². The molecule has 3 heterocycles. The number of hydrogen-bond donors (Lipinski definition) is 0. The normalized spacial score (nSPS) is 21.2. The molecule has 1 aromatic carbocycles. The molecule has 1 saturated heterocycles. The molecule has 2 aliphatic heterocycles. The van der Waals surface area contributed by atoms with Crippen LogP contribution in [-0.2, 0) is 28.9 Å². The minimum atomic E-state index is -0.252. The summed E-state index contributed by atoms with van der Waals surface area (Å²) in [7, 11) is 0. The van der Waals surface area contributed by atoms with E-state index in [1.54, 1.807) is 4.57 Å². The summed E-state index contributed by atoms with van der Waals surface area (Å²) in [6.45, 7) is 2.71. The molecule has 0 amide bonds. The van der Waals surface area contributed by atoms with Crippen molar-refractivity contribution in [3.8, 4) is 17.1 Å². The summed E-state index contributed by atoms with van der Waals surface area (Å²) >= 11 is 0. The van der Waals surface area contributed by atoms with Gasteiger partial charge in [0.15, 0.2) is 0 Å². The summed E-state index contributed by atoms with van der Waals surface area (Å²) in [6.07, 6.45) is 7.40. The van der Waals surface area contributed by atoms with Crippen molar-refractivity contribution in [1.82, 2.24) is 9.55 Å². The van der Waals surface area contributed by atoms with E-state index >= 15 is 0 Å². The first-order chi connectivity index (χ1) is 14.3. The second kappa shape index (κ2) is 8.28. The number of benzene rings is 1. The molecule has 154 valence electrons. The molecule has 2 aromatic rings. The number of rotatable bonds is 6. The predicted octanol–water partition coefficient (Wildman–Crippen LogP) is 2.99. The molecule has 5 rings (SSSR count). The monoisotopic (exact) mass is 396 g/mol. The van der Waals surface area contributed by atoms with Crippen molar-refractivity contribution in [3.63, 3.8) is 0 Å². The van der Waals surface area contributed by atoms with E-state index in [9.17, 15) is 4.79 Å². The van der Waals surface area contributed by atoms with Crippen molar-refractivity contribution in [2.75, 3.05) is 26.4 Å². The van der Waals surface area contributed by atoms with E-state index in [0.29, 0.717) is 38.9 Å². The second-order valence-electron chi connectivity index (χ2n) is 8.37. The Morgan fingerprint density at radius 1 is 1.21 bits per heavy atom. The molecule has 1 atom stereocenters. The zero-order valence-electron chi connectivity index (χ0n) is 16.8. The van der Waals surface area contributed by atoms with Crippen LogP contribution in [0.2, 0.25) is 0 Å². The summed E-state index contributed by atoms with van der Waals surface area (Å²) in [5.74, 6) is 1.28. The van der Waals surface area contributed by atoms with Gasteiger partial charge in [-0.1, -0.05) is 37.5 Å². The summed E-state index contributed by atoms with van der Waals surface area (Å²) < 4.78 is 18.5. The Morgan fingerprint density at radius 2 is 2.14 bits per heavy atom. The van der Waals surface area contributed by atoms with Crippen molar-refractivity contribution in [1.29, 1.82) is 0 Å². The molecule has 0 N–H and O–H groups in total. The average molecular weight is 396 g/mol. The van der Waals surface area contributed by atoms with Crippen LogP contribution in [0.25, 0.3) is 11.3 Å². The van der Waals surface area contributed by atoms with Gasteiger partial charge >= 0.3 is 5.69 Å². The highest BCUT2D eigenvalue weighted by Gasteiger charge is 2.22. The largest absolute Gasteiger partial charge is 0.475 e. The summed E-state index contributed by atoms with van der Waals surface area (Å²) in [4.78, 5) is 16.7. The maximum absolute atomic E-state index is 12.5. The lowest BCUT2D eigenvalue weighted by Gasteiger charge is -2.26. The number of aromatic nitrogens is 2. The highest BCUT2D eigenvalue weighted by molar-refractivity contribution is 5.67. The number of nitrogens with zero attached hydrogens (tertiary/aromatic N) is 2. The highest BCUT2D eigenvalue weighted by atomic mass is 16.6. The molecule has 0 unspecified atom stereocenters. The molecule has 6 heteroatoms. The summed E-state index contributed by atoms with van der Waals surface area (Å²) in [6, 6.07) is 8.59. The molecule has 0 bridgehead atoms. The van der Waals surface area contributed by atoms with Crippen LogP contribution in [0.3, 0.4) is 0 Å². The van der Waals surface area contributed by atoms with Gasteiger partial charge in [0.2, 0.25) is 5.88 Å². The van der Waals surface area contributed by atoms with Gasteiger partial charge in [-0.2, -0.15) is 4.98 Å². The third-order valence-corrected chi connectivity index (χ3v) is 6.41. The first kappa shape index (κ1) is 18.8. The Morgan fingerprint density at radius 3 is 2.93 bits per heavy atom. The maximum atomic E-state index is 12.5. The van der Waals surface area contributed by atoms with Crippen LogP contribution in [0.5, 0.6) is 5.88 Å². The Hall–Kier alpha value is -2.18. The van der Waals surface area contributed by atoms with E-state index < -0.39 is 0 Å². The fourth-order valence-electron chi connectivity index (χ4n) is 4.45. The molecule has 2 fully saturated rings. The van der Waals surface area contributed by atoms with Crippen molar-refractivity contribution in [3.05, 3.63) is 45.9 Å². The maximum Gasteiger partial charge on any atom is 0.351 e. The molecular formula is C23H28N2O4. The van der Waals surface area contributed by atoms with E-state index in [1.165, 1.54) is 36.8 Å². The van der Waals surface area contributed by atoms with Gasteiger partial charge in [-0.05, 0) is 36.3 Å². The average Bonchev–Trinajstić information content (AvgIpc) is 2.71. The van der Waals surface area contributed by atoms with Gasteiger partial charge in [0, 0.05) is 18.2 Å². The van der Waals surface area contributed by atoms with Gasteiger partial charge < -0.3 is 14.2 Å². The molecule has 6 nitrogen and oxygen atoms in total. The lowest BCUT2D eigenvalue weighted by atomic mass is 9.81. The number of aryl methyl sites for hydroxylation is 2. The SMILES string of the molecule is O=c1nc(OC[C@@H]2COCCO2)cc2n1CCc1cc(CCC3CCC3)ccc1-2. The zero-order valence-corrected chi connectivity index (χ0v) is 16.8. The van der Waals surface area contributed by atoms with E-state index in [2.05, 4.69) is 23.2 Å². The van der Waals surface area contributed by atoms with E-state index in [1.807, 2.05) is 6.07 Å². The fourth-order valence-corrected chi connectivity index (χ4v) is 4.45. The zero-order chi connectivity index (χ0) is 19.6. The first-order valence-electron chi connectivity index (χ1n) is 10.8. The number of hydrogen-bond acceptors (Lipinski definition) is 5. The van der Waals surface area contributed by atoms with E-state index in [-0.39, 0.29) is 11.8 Å². The van der Waals surface area contributed by atoms with Gasteiger partial charge in [-0.15, -0.1) is 0 Å². The Bertz CT molecular complexity index is 929. The molecule has 1 saturated carbocycles. The lowest BCUT2D eigenvalue weighted by molar-refractivity contribution is -0.102. The standard InChI is InChI=1S/C23H28N2O4/c26-23-24-22(29-15-19-14-27-10-11-28-19)13-21-20-7-6-17(5-4-16-2-1-3-16)12-18(20)8-9-25(21)23/h6-7,12-13,16,19H,1-5,8-11,14-15H2/t19-/m0/s1. The molecule has 0 radical (unpaired) electrons. The van der Waals surface area contributed by atoms with Gasteiger partial charge in [0.25, 0.3) is 0 Å². The Kier molecular flexibility index (Phi) is 5.38.